The van der Waals surface area contributed by atoms with Gasteiger partial charge in [0, 0.05) is 5.57 Å². The minimum Gasteiger partial charge on any atom is -0.511 e. The first-order chi connectivity index (χ1) is 9.77. The number of hydrogen-bond donors (Lipinski definition) is 1. The molecular formula is C18H14O2. The molecular weight excluding hydrogens is 248 g/mol. The Morgan fingerprint density at radius 1 is 0.800 bits per heavy atom. The van der Waals surface area contributed by atoms with E-state index >= 15 is 0 Å². The largest absolute Gasteiger partial charge is 0.511 e. The molecule has 1 aliphatic rings. The molecule has 2 heteroatoms. The number of allylic oxidation sites excluding steroid dienone is 4. The van der Waals surface area contributed by atoms with E-state index in [9.17, 15) is 9.90 Å². The minimum absolute atomic E-state index is 0.0895. The molecule has 98 valence electrons. The molecule has 2 nitrogen and oxygen atoms in total. The topological polar surface area (TPSA) is 37.3 Å². The molecule has 2 aromatic carbocycles. The standard InChI is InChI=1S/C18H14O2/c19-16-12-11-15(13-7-3-1-4-8-13)18(20)17(16)14-9-5-2-6-10-14/h1-12,17,20H. The number of aliphatic hydroxyl groups excluding tert-OH is 1. The van der Waals surface area contributed by atoms with Gasteiger partial charge in [-0.3, -0.25) is 4.79 Å². The van der Waals surface area contributed by atoms with E-state index in [0.717, 1.165) is 11.1 Å². The van der Waals surface area contributed by atoms with Gasteiger partial charge in [-0.25, -0.2) is 0 Å². The third-order valence-corrected chi connectivity index (χ3v) is 3.47. The summed E-state index contributed by atoms with van der Waals surface area (Å²) in [5.74, 6) is -0.570. The fraction of sp³-hybridized carbons (Fsp3) is 0.0556. The van der Waals surface area contributed by atoms with Crippen molar-refractivity contribution in [3.8, 4) is 0 Å². The molecule has 1 N–H and O–H groups in total. The van der Waals surface area contributed by atoms with Crippen LogP contribution in [0.3, 0.4) is 0 Å². The molecule has 0 aromatic heterocycles. The Labute approximate surface area is 117 Å². The molecule has 0 heterocycles. The molecule has 0 spiro atoms. The van der Waals surface area contributed by atoms with E-state index in [-0.39, 0.29) is 11.5 Å². The summed E-state index contributed by atoms with van der Waals surface area (Å²) in [4.78, 5) is 12.1. The summed E-state index contributed by atoms with van der Waals surface area (Å²) in [5.41, 5.74) is 2.43. The van der Waals surface area contributed by atoms with Gasteiger partial charge in [-0.05, 0) is 23.3 Å². The summed E-state index contributed by atoms with van der Waals surface area (Å²) >= 11 is 0. The van der Waals surface area contributed by atoms with Crippen molar-refractivity contribution in [1.29, 1.82) is 0 Å². The number of benzene rings is 2. The first-order valence-electron chi connectivity index (χ1n) is 6.53. The molecule has 0 fully saturated rings. The highest BCUT2D eigenvalue weighted by atomic mass is 16.3. The lowest BCUT2D eigenvalue weighted by Crippen LogP contribution is -2.17. The van der Waals surface area contributed by atoms with E-state index in [1.165, 1.54) is 0 Å². The van der Waals surface area contributed by atoms with Crippen molar-refractivity contribution >= 4 is 11.4 Å². The lowest BCUT2D eigenvalue weighted by Gasteiger charge is -2.20. The van der Waals surface area contributed by atoms with Gasteiger partial charge in [0.25, 0.3) is 0 Å². The first-order valence-corrected chi connectivity index (χ1v) is 6.53. The molecule has 0 saturated heterocycles. The van der Waals surface area contributed by atoms with Crippen LogP contribution in [0.15, 0.2) is 78.6 Å². The predicted octanol–water partition coefficient (Wildman–Crippen LogP) is 3.88. The maximum atomic E-state index is 12.1. The van der Waals surface area contributed by atoms with Crippen LogP contribution in [0.2, 0.25) is 0 Å². The molecule has 2 aromatic rings. The number of rotatable bonds is 2. The summed E-state index contributed by atoms with van der Waals surface area (Å²) < 4.78 is 0. The van der Waals surface area contributed by atoms with Crippen LogP contribution < -0.4 is 0 Å². The Bertz CT molecular complexity index is 682. The molecule has 0 aliphatic heterocycles. The minimum atomic E-state index is -0.601. The van der Waals surface area contributed by atoms with Crippen LogP contribution in [0.25, 0.3) is 5.57 Å². The Morgan fingerprint density at radius 3 is 2.05 bits per heavy atom. The van der Waals surface area contributed by atoms with Gasteiger partial charge < -0.3 is 5.11 Å². The van der Waals surface area contributed by atoms with E-state index in [2.05, 4.69) is 0 Å². The second-order valence-corrected chi connectivity index (χ2v) is 4.74. The average molecular weight is 262 g/mol. The van der Waals surface area contributed by atoms with Crippen molar-refractivity contribution in [3.05, 3.63) is 89.7 Å². The van der Waals surface area contributed by atoms with Crippen molar-refractivity contribution in [3.63, 3.8) is 0 Å². The maximum Gasteiger partial charge on any atom is 0.170 e. The Hall–Kier alpha value is -2.61. The molecule has 1 aliphatic carbocycles. The maximum absolute atomic E-state index is 12.1. The Morgan fingerprint density at radius 2 is 1.40 bits per heavy atom. The molecule has 1 unspecified atom stereocenters. The van der Waals surface area contributed by atoms with Crippen molar-refractivity contribution < 1.29 is 9.90 Å². The SMILES string of the molecule is O=C1C=CC(c2ccccc2)=C(O)C1c1ccccc1. The highest BCUT2D eigenvalue weighted by Gasteiger charge is 2.28. The summed E-state index contributed by atoms with van der Waals surface area (Å²) in [6.07, 6.45) is 3.23. The third-order valence-electron chi connectivity index (χ3n) is 3.47. The predicted molar refractivity (Wildman–Crippen MR) is 79.3 cm³/mol. The summed E-state index contributed by atoms with van der Waals surface area (Å²) in [6.45, 7) is 0. The summed E-state index contributed by atoms with van der Waals surface area (Å²) in [7, 11) is 0. The van der Waals surface area contributed by atoms with Gasteiger partial charge >= 0.3 is 0 Å². The van der Waals surface area contributed by atoms with Crippen LogP contribution in [-0.4, -0.2) is 10.9 Å². The second kappa shape index (κ2) is 5.17. The number of ketones is 1. The quantitative estimate of drug-likeness (QED) is 0.891. The van der Waals surface area contributed by atoms with Crippen LogP contribution in [0.1, 0.15) is 17.0 Å². The molecule has 0 bridgehead atoms. The first kappa shape index (κ1) is 12.4. The fourth-order valence-electron chi connectivity index (χ4n) is 2.47. The molecule has 1 atom stereocenters. The van der Waals surface area contributed by atoms with Crippen LogP contribution in [0.5, 0.6) is 0 Å². The van der Waals surface area contributed by atoms with E-state index in [1.807, 2.05) is 60.7 Å². The normalized spacial score (nSPS) is 18.4. The zero-order valence-corrected chi connectivity index (χ0v) is 10.9. The van der Waals surface area contributed by atoms with Gasteiger partial charge in [-0.1, -0.05) is 60.7 Å². The van der Waals surface area contributed by atoms with Gasteiger partial charge in [-0.15, -0.1) is 0 Å². The Kier molecular flexibility index (Phi) is 3.21. The van der Waals surface area contributed by atoms with Crippen LogP contribution in [-0.2, 0) is 4.79 Å². The number of hydrogen-bond acceptors (Lipinski definition) is 2. The number of carbonyl (C=O) groups is 1. The van der Waals surface area contributed by atoms with Gasteiger partial charge in [0.05, 0.1) is 0 Å². The molecule has 0 amide bonds. The van der Waals surface area contributed by atoms with Crippen LogP contribution >= 0.6 is 0 Å². The van der Waals surface area contributed by atoms with Gasteiger partial charge in [-0.2, -0.15) is 0 Å². The molecule has 20 heavy (non-hydrogen) atoms. The summed E-state index contributed by atoms with van der Waals surface area (Å²) in [6, 6.07) is 19.0. The smallest absolute Gasteiger partial charge is 0.170 e. The van der Waals surface area contributed by atoms with E-state index < -0.39 is 5.92 Å². The second-order valence-electron chi connectivity index (χ2n) is 4.74. The Balaban J connectivity index is 2.10. The lowest BCUT2D eigenvalue weighted by molar-refractivity contribution is -0.115. The molecule has 3 rings (SSSR count). The highest BCUT2D eigenvalue weighted by molar-refractivity contribution is 6.04. The molecule has 0 saturated carbocycles. The van der Waals surface area contributed by atoms with Gasteiger partial charge in [0.15, 0.2) is 5.78 Å². The molecule has 0 radical (unpaired) electrons. The summed E-state index contributed by atoms with van der Waals surface area (Å²) in [5, 5.41) is 10.5. The van der Waals surface area contributed by atoms with E-state index in [4.69, 9.17) is 0 Å². The van der Waals surface area contributed by atoms with Crippen LogP contribution in [0.4, 0.5) is 0 Å². The van der Waals surface area contributed by atoms with Gasteiger partial charge in [0.1, 0.15) is 11.7 Å². The van der Waals surface area contributed by atoms with Crippen molar-refractivity contribution in [2.75, 3.05) is 0 Å². The lowest BCUT2D eigenvalue weighted by atomic mass is 9.85. The fourth-order valence-corrected chi connectivity index (χ4v) is 2.47. The van der Waals surface area contributed by atoms with Crippen molar-refractivity contribution in [2.45, 2.75) is 5.92 Å². The van der Waals surface area contributed by atoms with E-state index in [0.29, 0.717) is 5.57 Å². The highest BCUT2D eigenvalue weighted by Crippen LogP contribution is 2.34. The van der Waals surface area contributed by atoms with Crippen LogP contribution in [0, 0.1) is 0 Å². The third kappa shape index (κ3) is 2.16. The zero-order valence-electron chi connectivity index (χ0n) is 10.9. The van der Waals surface area contributed by atoms with Gasteiger partial charge in [0.2, 0.25) is 0 Å². The average Bonchev–Trinajstić information content (AvgIpc) is 2.49. The van der Waals surface area contributed by atoms with E-state index in [1.54, 1.807) is 12.2 Å². The monoisotopic (exact) mass is 262 g/mol. The van der Waals surface area contributed by atoms with Crippen molar-refractivity contribution in [1.82, 2.24) is 0 Å². The number of aliphatic hydroxyl groups is 1. The zero-order chi connectivity index (χ0) is 13.9. The van der Waals surface area contributed by atoms with Crippen molar-refractivity contribution in [2.24, 2.45) is 0 Å². The number of carbonyl (C=O) groups excluding carboxylic acids is 1.